The van der Waals surface area contributed by atoms with Gasteiger partial charge in [-0.2, -0.15) is 13.2 Å². The van der Waals surface area contributed by atoms with Gasteiger partial charge in [0.25, 0.3) is 0 Å². The average Bonchev–Trinajstić information content (AvgIpc) is 2.83. The van der Waals surface area contributed by atoms with Crippen LogP contribution in [0.15, 0.2) is 42.5 Å². The Morgan fingerprint density at radius 2 is 1.56 bits per heavy atom. The third-order valence-electron chi connectivity index (χ3n) is 7.41. The van der Waals surface area contributed by atoms with Crippen molar-refractivity contribution < 1.29 is 31.1 Å². The lowest BCUT2D eigenvalue weighted by Gasteiger charge is -2.29. The average molecular weight is 509 g/mol. The van der Waals surface area contributed by atoms with Crippen LogP contribution in [0.4, 0.5) is 26.3 Å². The number of alkyl halides is 3. The fourth-order valence-corrected chi connectivity index (χ4v) is 5.42. The zero-order valence-corrected chi connectivity index (χ0v) is 20.2. The van der Waals surface area contributed by atoms with Crippen molar-refractivity contribution in [2.75, 3.05) is 13.7 Å². The van der Waals surface area contributed by atoms with Crippen molar-refractivity contribution in [2.45, 2.75) is 63.5 Å². The van der Waals surface area contributed by atoms with Gasteiger partial charge >= 0.3 is 6.18 Å². The zero-order valence-electron chi connectivity index (χ0n) is 20.2. The predicted molar refractivity (Wildman–Crippen MR) is 128 cm³/mol. The van der Waals surface area contributed by atoms with Crippen LogP contribution in [-0.2, 0) is 23.8 Å². The van der Waals surface area contributed by atoms with Crippen molar-refractivity contribution in [1.29, 1.82) is 0 Å². The fraction of sp³-hybridized carbons (Fsp3) is 0.448. The summed E-state index contributed by atoms with van der Waals surface area (Å²) < 4.78 is 86.4. The highest BCUT2D eigenvalue weighted by Gasteiger charge is 2.37. The molecule has 0 aromatic heterocycles. The molecule has 4 rings (SSSR count). The van der Waals surface area contributed by atoms with Crippen molar-refractivity contribution in [3.63, 3.8) is 0 Å². The lowest BCUT2D eigenvalue weighted by atomic mass is 9.77. The Hall–Kier alpha value is -2.54. The summed E-state index contributed by atoms with van der Waals surface area (Å²) in [6.45, 7) is 0.802. The normalized spacial score (nSPS) is 18.6. The Kier molecular flexibility index (Phi) is 8.28. The molecule has 1 fully saturated rings. The highest BCUT2D eigenvalue weighted by atomic mass is 19.4. The van der Waals surface area contributed by atoms with Crippen LogP contribution in [0.2, 0.25) is 0 Å². The van der Waals surface area contributed by atoms with Crippen LogP contribution in [0, 0.1) is 23.4 Å². The summed E-state index contributed by atoms with van der Waals surface area (Å²) in [6.07, 6.45) is 1.90. The molecular formula is C29H30F6O. The topological polar surface area (TPSA) is 9.23 Å². The summed E-state index contributed by atoms with van der Waals surface area (Å²) in [4.78, 5) is 0. The number of hydrogen-bond donors (Lipinski definition) is 0. The predicted octanol–water partition coefficient (Wildman–Crippen LogP) is 8.76. The minimum Gasteiger partial charge on any atom is -0.385 e. The van der Waals surface area contributed by atoms with Gasteiger partial charge in [0.1, 0.15) is 23.0 Å². The molecule has 0 heterocycles. The summed E-state index contributed by atoms with van der Waals surface area (Å²) in [6, 6.07) is 10.6. The highest BCUT2D eigenvalue weighted by Crippen LogP contribution is 2.39. The number of hydrogen-bond acceptors (Lipinski definition) is 1. The second-order valence-corrected chi connectivity index (χ2v) is 9.80. The van der Waals surface area contributed by atoms with Gasteiger partial charge in [0.05, 0.1) is 0 Å². The number of benzene rings is 3. The van der Waals surface area contributed by atoms with E-state index in [1.807, 2.05) is 18.2 Å². The third kappa shape index (κ3) is 6.05. The number of aryl methyl sites for hydroxylation is 2. The Labute approximate surface area is 207 Å². The van der Waals surface area contributed by atoms with Gasteiger partial charge in [0.15, 0.2) is 0 Å². The first-order chi connectivity index (χ1) is 17.2. The molecule has 0 bridgehead atoms. The van der Waals surface area contributed by atoms with Crippen molar-refractivity contribution in [3.05, 3.63) is 82.2 Å². The molecule has 0 saturated heterocycles. The van der Waals surface area contributed by atoms with Crippen LogP contribution >= 0.6 is 0 Å². The smallest absolute Gasteiger partial charge is 0.385 e. The third-order valence-corrected chi connectivity index (χ3v) is 7.41. The van der Waals surface area contributed by atoms with Crippen molar-refractivity contribution in [3.8, 4) is 0 Å². The maximum absolute atomic E-state index is 15.2. The summed E-state index contributed by atoms with van der Waals surface area (Å²) in [5, 5.41) is 1.26. The number of ether oxygens (including phenoxy) is 1. The molecule has 3 aromatic carbocycles. The fourth-order valence-electron chi connectivity index (χ4n) is 5.42. The molecule has 0 radical (unpaired) electrons. The summed E-state index contributed by atoms with van der Waals surface area (Å²) >= 11 is 0. The SMILES string of the molecule is COCCCC1CCC(c2ccc3c(F)c(CCc4cc(F)c(C(F)(F)F)c(F)c4)ccc3c2)CC1. The van der Waals surface area contributed by atoms with E-state index in [1.165, 1.54) is 24.8 Å². The highest BCUT2D eigenvalue weighted by molar-refractivity contribution is 5.84. The second-order valence-electron chi connectivity index (χ2n) is 9.80. The van der Waals surface area contributed by atoms with Crippen LogP contribution in [0.25, 0.3) is 10.8 Å². The molecule has 0 atom stereocenters. The largest absolute Gasteiger partial charge is 0.422 e. The summed E-state index contributed by atoms with van der Waals surface area (Å²) in [7, 11) is 1.73. The molecule has 1 nitrogen and oxygen atoms in total. The monoisotopic (exact) mass is 508 g/mol. The van der Waals surface area contributed by atoms with E-state index in [0.717, 1.165) is 37.2 Å². The van der Waals surface area contributed by atoms with Gasteiger partial charge in [0, 0.05) is 19.1 Å². The molecule has 36 heavy (non-hydrogen) atoms. The Balaban J connectivity index is 1.43. The van der Waals surface area contributed by atoms with E-state index < -0.39 is 29.2 Å². The standard InChI is InChI=1S/C29H30F6O/c1-36-14-2-3-18-4-7-20(8-5-18)22-12-13-24-23(17-22)11-10-21(28(24)32)9-6-19-15-25(30)27(26(31)16-19)29(33,34)35/h10-13,15-18,20H,2-9,14H2,1H3. The molecule has 1 aliphatic rings. The van der Waals surface area contributed by atoms with Crippen LogP contribution < -0.4 is 0 Å². The van der Waals surface area contributed by atoms with Crippen LogP contribution in [0.1, 0.15) is 66.7 Å². The molecule has 194 valence electrons. The van der Waals surface area contributed by atoms with Gasteiger partial charge in [-0.05, 0) is 97.4 Å². The van der Waals surface area contributed by atoms with Crippen molar-refractivity contribution in [1.82, 2.24) is 0 Å². The first-order valence-electron chi connectivity index (χ1n) is 12.4. The maximum Gasteiger partial charge on any atom is 0.422 e. The Bertz CT molecular complexity index is 1170. The first-order valence-corrected chi connectivity index (χ1v) is 12.4. The van der Waals surface area contributed by atoms with E-state index in [9.17, 15) is 22.0 Å². The minimum absolute atomic E-state index is 0.0140. The van der Waals surface area contributed by atoms with Crippen LogP contribution in [0.5, 0.6) is 0 Å². The minimum atomic E-state index is -5.11. The maximum atomic E-state index is 15.2. The molecule has 0 amide bonds. The molecule has 7 heteroatoms. The van der Waals surface area contributed by atoms with E-state index in [2.05, 4.69) is 0 Å². The number of methoxy groups -OCH3 is 1. The summed E-state index contributed by atoms with van der Waals surface area (Å²) in [5.41, 5.74) is -0.294. The lowest BCUT2D eigenvalue weighted by molar-refractivity contribution is -0.142. The zero-order chi connectivity index (χ0) is 25.9. The van der Waals surface area contributed by atoms with Crippen molar-refractivity contribution >= 4 is 10.8 Å². The quantitative estimate of drug-likeness (QED) is 0.218. The molecule has 3 aromatic rings. The van der Waals surface area contributed by atoms with E-state index in [-0.39, 0.29) is 18.4 Å². The van der Waals surface area contributed by atoms with Gasteiger partial charge in [-0.25, -0.2) is 13.2 Å². The molecule has 0 aliphatic heterocycles. The molecular weight excluding hydrogens is 478 g/mol. The van der Waals surface area contributed by atoms with E-state index in [0.29, 0.717) is 29.0 Å². The molecule has 1 aliphatic carbocycles. The first kappa shape index (κ1) is 26.5. The van der Waals surface area contributed by atoms with Gasteiger partial charge in [-0.3, -0.25) is 0 Å². The molecule has 1 saturated carbocycles. The number of halogens is 6. The Morgan fingerprint density at radius 1 is 0.861 bits per heavy atom. The van der Waals surface area contributed by atoms with Gasteiger partial charge in [-0.15, -0.1) is 0 Å². The van der Waals surface area contributed by atoms with Crippen molar-refractivity contribution in [2.24, 2.45) is 5.92 Å². The van der Waals surface area contributed by atoms with E-state index >= 15 is 4.39 Å². The lowest BCUT2D eigenvalue weighted by Crippen LogP contribution is -2.14. The molecule has 0 spiro atoms. The molecule has 0 N–H and O–H groups in total. The second kappa shape index (κ2) is 11.2. The van der Waals surface area contributed by atoms with Crippen LogP contribution in [-0.4, -0.2) is 13.7 Å². The van der Waals surface area contributed by atoms with Gasteiger partial charge in [-0.1, -0.05) is 30.3 Å². The summed E-state index contributed by atoms with van der Waals surface area (Å²) in [5.74, 6) is -2.53. The van der Waals surface area contributed by atoms with E-state index in [1.54, 1.807) is 19.2 Å². The van der Waals surface area contributed by atoms with Crippen LogP contribution in [0.3, 0.4) is 0 Å². The number of rotatable bonds is 8. The van der Waals surface area contributed by atoms with Gasteiger partial charge < -0.3 is 4.74 Å². The Morgan fingerprint density at radius 3 is 2.19 bits per heavy atom. The molecule has 0 unspecified atom stereocenters. The number of fused-ring (bicyclic) bond motifs is 1. The van der Waals surface area contributed by atoms with Gasteiger partial charge in [0.2, 0.25) is 0 Å². The van der Waals surface area contributed by atoms with E-state index in [4.69, 9.17) is 4.74 Å².